The zero-order valence-electron chi connectivity index (χ0n) is 15.3. The molecule has 132 valence electrons. The molecule has 0 aliphatic heterocycles. The molecular formula is C19H25N5O. The predicted molar refractivity (Wildman–Crippen MR) is 99.7 cm³/mol. The molecular weight excluding hydrogens is 314 g/mol. The molecule has 0 atom stereocenters. The summed E-state index contributed by atoms with van der Waals surface area (Å²) in [6.45, 7) is 8.82. The highest BCUT2D eigenvalue weighted by Crippen LogP contribution is 2.21. The Bertz CT molecular complexity index is 873. The van der Waals surface area contributed by atoms with Gasteiger partial charge in [-0.15, -0.1) is 0 Å². The van der Waals surface area contributed by atoms with Crippen molar-refractivity contribution in [1.29, 1.82) is 0 Å². The van der Waals surface area contributed by atoms with Crippen LogP contribution in [0.4, 0.5) is 5.69 Å². The van der Waals surface area contributed by atoms with E-state index >= 15 is 0 Å². The molecule has 0 radical (unpaired) electrons. The van der Waals surface area contributed by atoms with Crippen LogP contribution in [0.2, 0.25) is 0 Å². The van der Waals surface area contributed by atoms with Crippen LogP contribution in [0, 0.1) is 6.92 Å². The molecule has 0 fully saturated rings. The topological polar surface area (TPSA) is 64.7 Å². The van der Waals surface area contributed by atoms with Crippen LogP contribution in [0.1, 0.15) is 44.5 Å². The maximum absolute atomic E-state index is 12.2. The number of amides is 1. The molecule has 0 saturated heterocycles. The first-order valence-corrected chi connectivity index (χ1v) is 8.79. The third-order valence-corrected chi connectivity index (χ3v) is 4.35. The lowest BCUT2D eigenvalue weighted by atomic mass is 10.1. The van der Waals surface area contributed by atoms with E-state index in [-0.39, 0.29) is 11.9 Å². The molecule has 3 rings (SSSR count). The molecule has 0 saturated carbocycles. The first kappa shape index (κ1) is 17.2. The molecule has 1 N–H and O–H groups in total. The molecule has 3 aromatic rings. The Labute approximate surface area is 147 Å². The quantitative estimate of drug-likeness (QED) is 0.744. The van der Waals surface area contributed by atoms with E-state index in [4.69, 9.17) is 0 Å². The molecule has 0 bridgehead atoms. The number of hydrogen-bond donors (Lipinski definition) is 1. The number of nitrogens with one attached hydrogen (secondary N) is 1. The van der Waals surface area contributed by atoms with Crippen molar-refractivity contribution in [2.45, 2.75) is 53.1 Å². The van der Waals surface area contributed by atoms with Crippen molar-refractivity contribution in [2.24, 2.45) is 0 Å². The van der Waals surface area contributed by atoms with Gasteiger partial charge in [-0.2, -0.15) is 10.2 Å². The monoisotopic (exact) mass is 339 g/mol. The zero-order valence-corrected chi connectivity index (χ0v) is 15.3. The summed E-state index contributed by atoms with van der Waals surface area (Å²) in [5.74, 6) is -0.0122. The second-order valence-electron chi connectivity index (χ2n) is 6.57. The average molecular weight is 339 g/mol. The Kier molecular flexibility index (Phi) is 4.88. The van der Waals surface area contributed by atoms with Gasteiger partial charge < -0.3 is 5.32 Å². The molecule has 2 aromatic heterocycles. The Morgan fingerprint density at radius 1 is 1.24 bits per heavy atom. The maximum Gasteiger partial charge on any atom is 0.226 e. The van der Waals surface area contributed by atoms with Crippen LogP contribution < -0.4 is 5.32 Å². The fourth-order valence-corrected chi connectivity index (χ4v) is 3.00. The minimum Gasteiger partial charge on any atom is -0.326 e. The van der Waals surface area contributed by atoms with Gasteiger partial charge in [-0.3, -0.25) is 14.2 Å². The fraction of sp³-hybridized carbons (Fsp3) is 0.421. The van der Waals surface area contributed by atoms with Crippen LogP contribution in [0.25, 0.3) is 11.0 Å². The molecule has 0 spiro atoms. The van der Waals surface area contributed by atoms with Gasteiger partial charge >= 0.3 is 0 Å². The Hall–Kier alpha value is -2.63. The van der Waals surface area contributed by atoms with Gasteiger partial charge in [0.05, 0.1) is 18.4 Å². The highest BCUT2D eigenvalue weighted by atomic mass is 16.1. The second kappa shape index (κ2) is 7.09. The van der Waals surface area contributed by atoms with E-state index in [1.54, 1.807) is 0 Å². The minimum atomic E-state index is -0.0122. The van der Waals surface area contributed by atoms with Crippen LogP contribution in [-0.2, 0) is 17.8 Å². The van der Waals surface area contributed by atoms with Gasteiger partial charge in [-0.25, -0.2) is 0 Å². The standard InChI is InChI=1S/C19H25N5O/c1-5-15-6-8-16(9-7-15)21-18(25)10-11-23-19-14(4)22-24(13(2)3)17(19)12-20-23/h6-9,12-13H,5,10-11H2,1-4H3,(H,21,25). The number of hydrogen-bond acceptors (Lipinski definition) is 3. The fourth-order valence-electron chi connectivity index (χ4n) is 3.00. The van der Waals surface area contributed by atoms with E-state index in [1.165, 1.54) is 5.56 Å². The summed E-state index contributed by atoms with van der Waals surface area (Å²) in [4.78, 5) is 12.2. The van der Waals surface area contributed by atoms with Gasteiger partial charge in [0.2, 0.25) is 5.91 Å². The molecule has 1 amide bonds. The number of nitrogens with zero attached hydrogens (tertiary/aromatic N) is 4. The van der Waals surface area contributed by atoms with Gasteiger partial charge in [-0.05, 0) is 44.9 Å². The summed E-state index contributed by atoms with van der Waals surface area (Å²) in [5, 5.41) is 12.0. The van der Waals surface area contributed by atoms with Crippen LogP contribution in [0.15, 0.2) is 30.5 Å². The number of anilines is 1. The molecule has 6 nitrogen and oxygen atoms in total. The molecule has 6 heteroatoms. The van der Waals surface area contributed by atoms with Gasteiger partial charge in [0.25, 0.3) is 0 Å². The SMILES string of the molecule is CCc1ccc(NC(=O)CCn2ncc3c2c(C)nn3C(C)C)cc1. The van der Waals surface area contributed by atoms with Crippen LogP contribution in [0.5, 0.6) is 0 Å². The molecule has 1 aromatic carbocycles. The smallest absolute Gasteiger partial charge is 0.226 e. The summed E-state index contributed by atoms with van der Waals surface area (Å²) < 4.78 is 3.85. The predicted octanol–water partition coefficient (Wildman–Crippen LogP) is 3.71. The number of carbonyl (C=O) groups is 1. The second-order valence-corrected chi connectivity index (χ2v) is 6.57. The number of carbonyl (C=O) groups excluding carboxylic acids is 1. The van der Waals surface area contributed by atoms with Crippen molar-refractivity contribution < 1.29 is 4.79 Å². The molecule has 2 heterocycles. The largest absolute Gasteiger partial charge is 0.326 e. The minimum absolute atomic E-state index is 0.0122. The highest BCUT2D eigenvalue weighted by Gasteiger charge is 2.15. The first-order valence-electron chi connectivity index (χ1n) is 8.79. The van der Waals surface area contributed by atoms with E-state index in [9.17, 15) is 4.79 Å². The van der Waals surface area contributed by atoms with Crippen molar-refractivity contribution in [3.63, 3.8) is 0 Å². The van der Waals surface area contributed by atoms with Gasteiger partial charge in [0, 0.05) is 18.2 Å². The molecule has 25 heavy (non-hydrogen) atoms. The number of fused-ring (bicyclic) bond motifs is 1. The Balaban J connectivity index is 1.66. The molecule has 0 unspecified atom stereocenters. The number of aromatic nitrogens is 4. The van der Waals surface area contributed by atoms with Crippen LogP contribution >= 0.6 is 0 Å². The van der Waals surface area contributed by atoms with E-state index in [0.29, 0.717) is 13.0 Å². The van der Waals surface area contributed by atoms with E-state index < -0.39 is 0 Å². The van der Waals surface area contributed by atoms with E-state index in [2.05, 4.69) is 36.3 Å². The summed E-state index contributed by atoms with van der Waals surface area (Å²) in [5.41, 5.74) is 5.06. The van der Waals surface area contributed by atoms with Gasteiger partial charge in [0.1, 0.15) is 11.0 Å². The lowest BCUT2D eigenvalue weighted by Gasteiger charge is -2.07. The van der Waals surface area contributed by atoms with Crippen molar-refractivity contribution in [3.05, 3.63) is 41.7 Å². The van der Waals surface area contributed by atoms with Gasteiger partial charge in [0.15, 0.2) is 0 Å². The normalized spacial score (nSPS) is 11.4. The van der Waals surface area contributed by atoms with Crippen molar-refractivity contribution in [2.75, 3.05) is 5.32 Å². The van der Waals surface area contributed by atoms with Crippen molar-refractivity contribution in [3.8, 4) is 0 Å². The lowest BCUT2D eigenvalue weighted by molar-refractivity contribution is -0.116. The molecule has 0 aliphatic rings. The highest BCUT2D eigenvalue weighted by molar-refractivity contribution is 5.90. The average Bonchev–Trinajstić information content (AvgIpc) is 3.15. The third kappa shape index (κ3) is 3.57. The number of benzene rings is 1. The Morgan fingerprint density at radius 2 is 1.96 bits per heavy atom. The summed E-state index contributed by atoms with van der Waals surface area (Å²) in [6.07, 6.45) is 3.20. The Morgan fingerprint density at radius 3 is 2.60 bits per heavy atom. The van der Waals surface area contributed by atoms with Crippen LogP contribution in [-0.4, -0.2) is 25.5 Å². The van der Waals surface area contributed by atoms with Crippen LogP contribution in [0.3, 0.4) is 0 Å². The molecule has 0 aliphatic carbocycles. The summed E-state index contributed by atoms with van der Waals surface area (Å²) in [7, 11) is 0. The van der Waals surface area contributed by atoms with Crippen molar-refractivity contribution in [1.82, 2.24) is 19.6 Å². The summed E-state index contributed by atoms with van der Waals surface area (Å²) in [6, 6.07) is 8.25. The van der Waals surface area contributed by atoms with E-state index in [1.807, 2.05) is 46.7 Å². The number of aryl methyl sites for hydroxylation is 3. The summed E-state index contributed by atoms with van der Waals surface area (Å²) >= 11 is 0. The zero-order chi connectivity index (χ0) is 18.0. The third-order valence-electron chi connectivity index (χ3n) is 4.35. The first-order chi connectivity index (χ1) is 12.0. The lowest BCUT2D eigenvalue weighted by Crippen LogP contribution is -2.15. The maximum atomic E-state index is 12.2. The number of rotatable bonds is 6. The van der Waals surface area contributed by atoms with Crippen molar-refractivity contribution >= 4 is 22.6 Å². The van der Waals surface area contributed by atoms with E-state index in [0.717, 1.165) is 28.8 Å². The van der Waals surface area contributed by atoms with Gasteiger partial charge in [-0.1, -0.05) is 19.1 Å².